The fourth-order valence-corrected chi connectivity index (χ4v) is 3.32. The van der Waals surface area contributed by atoms with Gasteiger partial charge in [-0.2, -0.15) is 0 Å². The predicted octanol–water partition coefficient (Wildman–Crippen LogP) is 0.853. The lowest BCUT2D eigenvalue weighted by Gasteiger charge is -2.03. The predicted molar refractivity (Wildman–Crippen MR) is 95.4 cm³/mol. The van der Waals surface area contributed by atoms with Crippen molar-refractivity contribution in [2.45, 2.75) is 19.4 Å². The van der Waals surface area contributed by atoms with Crippen LogP contribution in [0.4, 0.5) is 5.13 Å². The zero-order valence-corrected chi connectivity index (χ0v) is 14.4. The van der Waals surface area contributed by atoms with Crippen molar-refractivity contribution in [2.24, 2.45) is 12.8 Å². The van der Waals surface area contributed by atoms with Gasteiger partial charge in [-0.15, -0.1) is 11.3 Å². The van der Waals surface area contributed by atoms with E-state index >= 15 is 0 Å². The lowest BCUT2D eigenvalue weighted by molar-refractivity contribution is -0.117. The third-order valence-corrected chi connectivity index (χ3v) is 4.57. The van der Waals surface area contributed by atoms with E-state index in [-0.39, 0.29) is 31.0 Å². The summed E-state index contributed by atoms with van der Waals surface area (Å²) in [5.74, 6) is -0.724. The number of rotatable bonds is 6. The maximum Gasteiger partial charge on any atom is 0.328 e. The molecule has 130 valence electrons. The van der Waals surface area contributed by atoms with Crippen molar-refractivity contribution in [2.75, 3.05) is 5.32 Å². The molecule has 2 heterocycles. The number of benzene rings is 1. The molecule has 0 aliphatic rings. The highest BCUT2D eigenvalue weighted by atomic mass is 32.1. The Morgan fingerprint density at radius 1 is 1.28 bits per heavy atom. The zero-order chi connectivity index (χ0) is 18.0. The van der Waals surface area contributed by atoms with Crippen molar-refractivity contribution in [1.82, 2.24) is 14.1 Å². The summed E-state index contributed by atoms with van der Waals surface area (Å²) in [4.78, 5) is 39.4. The summed E-state index contributed by atoms with van der Waals surface area (Å²) in [5, 5.41) is 4.76. The van der Waals surface area contributed by atoms with Gasteiger partial charge in [-0.1, -0.05) is 12.1 Å². The van der Waals surface area contributed by atoms with E-state index in [0.717, 1.165) is 11.0 Å². The van der Waals surface area contributed by atoms with Gasteiger partial charge >= 0.3 is 5.69 Å². The van der Waals surface area contributed by atoms with Gasteiger partial charge in [0.05, 0.1) is 23.1 Å². The molecule has 25 heavy (non-hydrogen) atoms. The summed E-state index contributed by atoms with van der Waals surface area (Å²) < 4.78 is 3.14. The molecule has 8 nitrogen and oxygen atoms in total. The number of hydrogen-bond donors (Lipinski definition) is 2. The van der Waals surface area contributed by atoms with Gasteiger partial charge in [0, 0.05) is 25.4 Å². The lowest BCUT2D eigenvalue weighted by atomic mass is 10.3. The number of anilines is 1. The Morgan fingerprint density at radius 2 is 2.00 bits per heavy atom. The fourth-order valence-electron chi connectivity index (χ4n) is 2.60. The van der Waals surface area contributed by atoms with Gasteiger partial charge < -0.3 is 11.1 Å². The van der Waals surface area contributed by atoms with E-state index in [1.54, 1.807) is 21.6 Å². The van der Waals surface area contributed by atoms with Gasteiger partial charge in [0.2, 0.25) is 11.8 Å². The number of thiazole rings is 1. The SMILES string of the molecule is Cn1c(=O)n(CCC(=O)Nc2nc(CC(N)=O)cs2)c2ccccc21. The first-order valence-electron chi connectivity index (χ1n) is 7.62. The van der Waals surface area contributed by atoms with E-state index in [1.165, 1.54) is 11.3 Å². The molecular weight excluding hydrogens is 342 g/mol. The Labute approximate surface area is 146 Å². The van der Waals surface area contributed by atoms with E-state index in [0.29, 0.717) is 10.8 Å². The summed E-state index contributed by atoms with van der Waals surface area (Å²) >= 11 is 1.23. The molecule has 3 rings (SSSR count). The Balaban J connectivity index is 1.67. The van der Waals surface area contributed by atoms with Crippen LogP contribution in [0.15, 0.2) is 34.4 Å². The fraction of sp³-hybridized carbons (Fsp3) is 0.250. The van der Waals surface area contributed by atoms with Crippen LogP contribution in [0.5, 0.6) is 0 Å². The van der Waals surface area contributed by atoms with Crippen molar-refractivity contribution in [3.8, 4) is 0 Å². The van der Waals surface area contributed by atoms with Gasteiger partial charge in [-0.3, -0.25) is 18.7 Å². The highest BCUT2D eigenvalue weighted by molar-refractivity contribution is 7.13. The number of aryl methyl sites for hydroxylation is 2. The number of nitrogens with one attached hydrogen (secondary N) is 1. The zero-order valence-electron chi connectivity index (χ0n) is 13.6. The van der Waals surface area contributed by atoms with Crippen molar-refractivity contribution in [3.05, 3.63) is 45.8 Å². The Bertz CT molecular complexity index is 1000. The average molecular weight is 359 g/mol. The van der Waals surface area contributed by atoms with Crippen LogP contribution in [-0.4, -0.2) is 25.9 Å². The molecule has 3 N–H and O–H groups in total. The largest absolute Gasteiger partial charge is 0.369 e. The number of para-hydroxylation sites is 2. The normalized spacial score (nSPS) is 10.9. The van der Waals surface area contributed by atoms with E-state index in [1.807, 2.05) is 24.3 Å². The number of carbonyl (C=O) groups excluding carboxylic acids is 2. The maximum absolute atomic E-state index is 12.3. The van der Waals surface area contributed by atoms with Crippen molar-refractivity contribution in [1.29, 1.82) is 0 Å². The molecule has 0 spiro atoms. The number of primary amides is 1. The van der Waals surface area contributed by atoms with Crippen LogP contribution in [0.2, 0.25) is 0 Å². The van der Waals surface area contributed by atoms with Crippen molar-refractivity contribution < 1.29 is 9.59 Å². The van der Waals surface area contributed by atoms with Crippen molar-refractivity contribution >= 4 is 39.3 Å². The molecule has 0 bridgehead atoms. The Morgan fingerprint density at radius 3 is 2.72 bits per heavy atom. The lowest BCUT2D eigenvalue weighted by Crippen LogP contribution is -2.24. The Hall–Kier alpha value is -2.94. The van der Waals surface area contributed by atoms with Gasteiger partial charge in [-0.25, -0.2) is 9.78 Å². The van der Waals surface area contributed by atoms with Crippen LogP contribution in [0, 0.1) is 0 Å². The number of carbonyl (C=O) groups is 2. The van der Waals surface area contributed by atoms with Crippen LogP contribution in [0.1, 0.15) is 12.1 Å². The highest BCUT2D eigenvalue weighted by Crippen LogP contribution is 2.16. The molecule has 0 fully saturated rings. The minimum Gasteiger partial charge on any atom is -0.369 e. The highest BCUT2D eigenvalue weighted by Gasteiger charge is 2.12. The molecule has 0 saturated heterocycles. The quantitative estimate of drug-likeness (QED) is 0.679. The second-order valence-corrected chi connectivity index (χ2v) is 6.43. The van der Waals surface area contributed by atoms with E-state index in [9.17, 15) is 14.4 Å². The molecule has 0 aliphatic heterocycles. The topological polar surface area (TPSA) is 112 Å². The molecule has 2 amide bonds. The first-order valence-corrected chi connectivity index (χ1v) is 8.50. The molecule has 0 aliphatic carbocycles. The van der Waals surface area contributed by atoms with Gasteiger partial charge in [0.1, 0.15) is 0 Å². The molecule has 2 aromatic heterocycles. The molecule has 0 radical (unpaired) electrons. The second kappa shape index (κ2) is 6.89. The third kappa shape index (κ3) is 3.61. The van der Waals surface area contributed by atoms with E-state index in [2.05, 4.69) is 10.3 Å². The van der Waals surface area contributed by atoms with Crippen molar-refractivity contribution in [3.63, 3.8) is 0 Å². The molecule has 3 aromatic rings. The Kier molecular flexibility index (Phi) is 4.66. The summed E-state index contributed by atoms with van der Waals surface area (Å²) in [6.45, 7) is 0.269. The monoisotopic (exact) mass is 359 g/mol. The first kappa shape index (κ1) is 16.9. The van der Waals surface area contributed by atoms with E-state index < -0.39 is 5.91 Å². The minimum atomic E-state index is -0.474. The third-order valence-electron chi connectivity index (χ3n) is 3.77. The summed E-state index contributed by atoms with van der Waals surface area (Å²) in [6.07, 6.45) is 0.177. The van der Waals surface area contributed by atoms with Crippen LogP contribution in [-0.2, 0) is 29.6 Å². The summed E-state index contributed by atoms with van der Waals surface area (Å²) in [6, 6.07) is 7.44. The molecule has 0 saturated carbocycles. The second-order valence-electron chi connectivity index (χ2n) is 5.57. The molecule has 0 atom stereocenters. The maximum atomic E-state index is 12.3. The van der Waals surface area contributed by atoms with Gasteiger partial charge in [0.25, 0.3) is 0 Å². The average Bonchev–Trinajstić information content (AvgIpc) is 3.09. The number of nitrogens with two attached hydrogens (primary N) is 1. The van der Waals surface area contributed by atoms with Gasteiger partial charge in [0.15, 0.2) is 5.13 Å². The van der Waals surface area contributed by atoms with Crippen LogP contribution in [0.25, 0.3) is 11.0 Å². The van der Waals surface area contributed by atoms with Crippen LogP contribution >= 0.6 is 11.3 Å². The van der Waals surface area contributed by atoms with E-state index in [4.69, 9.17) is 5.73 Å². The molecule has 1 aromatic carbocycles. The van der Waals surface area contributed by atoms with Gasteiger partial charge in [-0.05, 0) is 12.1 Å². The standard InChI is InChI=1S/C16H17N5O3S/c1-20-11-4-2-3-5-12(11)21(16(20)24)7-6-14(23)19-15-18-10(9-25-15)8-13(17)22/h2-5,9H,6-8H2,1H3,(H2,17,22)(H,18,19,23). The summed E-state index contributed by atoms with van der Waals surface area (Å²) in [7, 11) is 1.71. The number of nitrogens with zero attached hydrogens (tertiary/aromatic N) is 3. The number of amides is 2. The number of fused-ring (bicyclic) bond motifs is 1. The number of imidazole rings is 1. The molecule has 0 unspecified atom stereocenters. The summed E-state index contributed by atoms with van der Waals surface area (Å²) in [5.41, 5.74) is 7.09. The minimum absolute atomic E-state index is 0.0395. The van der Waals surface area contributed by atoms with Crippen LogP contribution in [0.3, 0.4) is 0 Å². The van der Waals surface area contributed by atoms with Crippen LogP contribution < -0.4 is 16.7 Å². The first-order chi connectivity index (χ1) is 12.0. The molecule has 9 heteroatoms. The number of hydrogen-bond acceptors (Lipinski definition) is 5. The number of aromatic nitrogens is 3. The molecular formula is C16H17N5O3S. The smallest absolute Gasteiger partial charge is 0.328 e.